The number of thiocarbonyl (C=S) groups is 1. The van der Waals surface area contributed by atoms with Crippen molar-refractivity contribution in [3.63, 3.8) is 0 Å². The van der Waals surface area contributed by atoms with Gasteiger partial charge in [-0.15, -0.1) is 0 Å². The van der Waals surface area contributed by atoms with Crippen molar-refractivity contribution in [2.75, 3.05) is 45.7 Å². The van der Waals surface area contributed by atoms with Crippen molar-refractivity contribution < 1.29 is 9.47 Å². The molecule has 1 fully saturated rings. The van der Waals surface area contributed by atoms with E-state index in [-0.39, 0.29) is 0 Å². The average Bonchev–Trinajstić information content (AvgIpc) is 2.73. The van der Waals surface area contributed by atoms with Gasteiger partial charge in [-0.05, 0) is 73.4 Å². The third kappa shape index (κ3) is 5.00. The Morgan fingerprint density at radius 1 is 0.966 bits per heavy atom. The van der Waals surface area contributed by atoms with Crippen LogP contribution in [0, 0.1) is 20.8 Å². The summed E-state index contributed by atoms with van der Waals surface area (Å²) in [6, 6.07) is 10.4. The number of nitrogens with one attached hydrogen (secondary N) is 1. The van der Waals surface area contributed by atoms with Crippen molar-refractivity contribution in [3.05, 3.63) is 52.6 Å². The summed E-state index contributed by atoms with van der Waals surface area (Å²) in [5.74, 6) is 1.56. The van der Waals surface area contributed by atoms with E-state index in [2.05, 4.69) is 60.2 Å². The molecule has 0 spiro atoms. The molecule has 1 saturated heterocycles. The van der Waals surface area contributed by atoms with Gasteiger partial charge in [0.05, 0.1) is 14.2 Å². The maximum Gasteiger partial charge on any atom is 0.173 e. The summed E-state index contributed by atoms with van der Waals surface area (Å²) in [6.45, 7) is 11.1. The van der Waals surface area contributed by atoms with Gasteiger partial charge >= 0.3 is 0 Å². The summed E-state index contributed by atoms with van der Waals surface area (Å²) in [4.78, 5) is 4.72. The van der Waals surface area contributed by atoms with E-state index in [1.54, 1.807) is 14.2 Å². The fourth-order valence-corrected chi connectivity index (χ4v) is 3.92. The van der Waals surface area contributed by atoms with E-state index < -0.39 is 0 Å². The van der Waals surface area contributed by atoms with Crippen molar-refractivity contribution >= 4 is 23.0 Å². The minimum absolute atomic E-state index is 0.779. The lowest BCUT2D eigenvalue weighted by Gasteiger charge is -2.36. The van der Waals surface area contributed by atoms with Gasteiger partial charge < -0.3 is 19.7 Å². The Labute approximate surface area is 179 Å². The fraction of sp³-hybridized carbons (Fsp3) is 0.435. The lowest BCUT2D eigenvalue weighted by atomic mass is 10.1. The molecule has 0 saturated carbocycles. The van der Waals surface area contributed by atoms with E-state index in [9.17, 15) is 0 Å². The third-order valence-corrected chi connectivity index (χ3v) is 6.10. The van der Waals surface area contributed by atoms with Gasteiger partial charge in [0.25, 0.3) is 0 Å². The Morgan fingerprint density at radius 2 is 1.62 bits per heavy atom. The molecule has 29 heavy (non-hydrogen) atoms. The van der Waals surface area contributed by atoms with Crippen molar-refractivity contribution in [3.8, 4) is 11.5 Å². The van der Waals surface area contributed by atoms with Gasteiger partial charge in [-0.2, -0.15) is 0 Å². The number of benzene rings is 2. The van der Waals surface area contributed by atoms with Crippen LogP contribution in [0.15, 0.2) is 30.3 Å². The number of piperazine rings is 1. The van der Waals surface area contributed by atoms with Crippen LogP contribution in [-0.4, -0.2) is 55.3 Å². The van der Waals surface area contributed by atoms with Gasteiger partial charge in [-0.1, -0.05) is 12.1 Å². The van der Waals surface area contributed by atoms with E-state index in [1.165, 1.54) is 22.3 Å². The predicted octanol–water partition coefficient (Wildman–Crippen LogP) is 4.14. The maximum atomic E-state index is 5.67. The Kier molecular flexibility index (Phi) is 6.98. The molecule has 0 aliphatic carbocycles. The molecule has 0 atom stereocenters. The summed E-state index contributed by atoms with van der Waals surface area (Å²) < 4.78 is 10.9. The zero-order valence-corrected chi connectivity index (χ0v) is 18.9. The van der Waals surface area contributed by atoms with Crippen molar-refractivity contribution in [1.82, 2.24) is 9.80 Å². The molecule has 0 bridgehead atoms. The van der Waals surface area contributed by atoms with Crippen LogP contribution in [0.3, 0.4) is 0 Å². The molecular weight excluding hydrogens is 382 g/mol. The van der Waals surface area contributed by atoms with E-state index in [4.69, 9.17) is 21.7 Å². The second-order valence-electron chi connectivity index (χ2n) is 7.57. The first-order valence-corrected chi connectivity index (χ1v) is 10.4. The standard InChI is InChI=1S/C23H31N3O2S/c1-16-7-6-8-20(18(16)3)24-23(29)26-11-9-25(10-12-26)15-19-14-22(28-5)21(27-4)13-17(19)2/h6-8,13-14H,9-12,15H2,1-5H3,(H,24,29). The predicted molar refractivity (Wildman–Crippen MR) is 123 cm³/mol. The monoisotopic (exact) mass is 413 g/mol. The highest BCUT2D eigenvalue weighted by Crippen LogP contribution is 2.31. The first-order valence-electron chi connectivity index (χ1n) is 9.99. The van der Waals surface area contributed by atoms with Crippen LogP contribution in [0.2, 0.25) is 0 Å². The van der Waals surface area contributed by atoms with Gasteiger partial charge in [-0.3, -0.25) is 4.90 Å². The number of nitrogens with zero attached hydrogens (tertiary/aromatic N) is 2. The van der Waals surface area contributed by atoms with Crippen molar-refractivity contribution in [2.45, 2.75) is 27.3 Å². The summed E-state index contributed by atoms with van der Waals surface area (Å²) in [7, 11) is 3.35. The highest BCUT2D eigenvalue weighted by molar-refractivity contribution is 7.80. The van der Waals surface area contributed by atoms with Crippen LogP contribution in [0.25, 0.3) is 0 Å². The van der Waals surface area contributed by atoms with E-state index in [0.29, 0.717) is 0 Å². The second-order valence-corrected chi connectivity index (χ2v) is 7.96. The van der Waals surface area contributed by atoms with Crippen LogP contribution >= 0.6 is 12.2 Å². The molecule has 0 amide bonds. The molecular formula is C23H31N3O2S. The zero-order valence-electron chi connectivity index (χ0n) is 18.0. The first kappa shape index (κ1) is 21.4. The first-order chi connectivity index (χ1) is 13.9. The van der Waals surface area contributed by atoms with Crippen LogP contribution in [0.5, 0.6) is 11.5 Å². The normalized spacial score (nSPS) is 14.6. The SMILES string of the molecule is COc1cc(C)c(CN2CCN(C(=S)Nc3cccc(C)c3C)CC2)cc1OC. The molecule has 6 heteroatoms. The van der Waals surface area contributed by atoms with E-state index in [1.807, 2.05) is 6.07 Å². The number of hydrogen-bond donors (Lipinski definition) is 1. The van der Waals surface area contributed by atoms with Crippen LogP contribution in [0.4, 0.5) is 5.69 Å². The number of hydrogen-bond acceptors (Lipinski definition) is 4. The molecule has 1 heterocycles. The average molecular weight is 414 g/mol. The van der Waals surface area contributed by atoms with E-state index >= 15 is 0 Å². The van der Waals surface area contributed by atoms with Gasteiger partial charge in [-0.25, -0.2) is 0 Å². The van der Waals surface area contributed by atoms with Crippen molar-refractivity contribution in [1.29, 1.82) is 0 Å². The molecule has 5 nitrogen and oxygen atoms in total. The number of rotatable bonds is 5. The van der Waals surface area contributed by atoms with Crippen LogP contribution in [0.1, 0.15) is 22.3 Å². The maximum absolute atomic E-state index is 5.67. The third-order valence-electron chi connectivity index (χ3n) is 5.74. The van der Waals surface area contributed by atoms with Gasteiger partial charge in [0.2, 0.25) is 0 Å². The zero-order chi connectivity index (χ0) is 21.0. The Hall–Kier alpha value is -2.31. The van der Waals surface area contributed by atoms with Crippen molar-refractivity contribution in [2.24, 2.45) is 0 Å². The second kappa shape index (κ2) is 9.46. The summed E-state index contributed by atoms with van der Waals surface area (Å²) >= 11 is 5.67. The molecule has 1 N–H and O–H groups in total. The van der Waals surface area contributed by atoms with Gasteiger partial charge in [0.1, 0.15) is 0 Å². The minimum Gasteiger partial charge on any atom is -0.493 e. The highest BCUT2D eigenvalue weighted by atomic mass is 32.1. The number of methoxy groups -OCH3 is 2. The molecule has 156 valence electrons. The molecule has 2 aromatic rings. The largest absolute Gasteiger partial charge is 0.493 e. The fourth-order valence-electron chi connectivity index (χ4n) is 3.62. The number of ether oxygens (including phenoxy) is 2. The molecule has 3 rings (SSSR count). The smallest absolute Gasteiger partial charge is 0.173 e. The lowest BCUT2D eigenvalue weighted by molar-refractivity contribution is 0.176. The molecule has 0 aromatic heterocycles. The summed E-state index contributed by atoms with van der Waals surface area (Å²) in [5.41, 5.74) is 6.10. The Balaban J connectivity index is 1.58. The van der Waals surface area contributed by atoms with Gasteiger partial charge in [0, 0.05) is 38.4 Å². The molecule has 1 aliphatic heterocycles. The van der Waals surface area contributed by atoms with Gasteiger partial charge in [0.15, 0.2) is 16.6 Å². The van der Waals surface area contributed by atoms with Crippen LogP contribution < -0.4 is 14.8 Å². The molecule has 2 aromatic carbocycles. The minimum atomic E-state index is 0.779. The summed E-state index contributed by atoms with van der Waals surface area (Å²) in [5, 5.41) is 4.24. The number of anilines is 1. The molecule has 0 unspecified atom stereocenters. The highest BCUT2D eigenvalue weighted by Gasteiger charge is 2.20. The van der Waals surface area contributed by atoms with Crippen LogP contribution in [-0.2, 0) is 6.54 Å². The Morgan fingerprint density at radius 3 is 2.28 bits per heavy atom. The number of aryl methyl sites for hydroxylation is 2. The van der Waals surface area contributed by atoms with E-state index in [0.717, 1.165) is 55.0 Å². The molecule has 0 radical (unpaired) electrons. The quantitative estimate of drug-likeness (QED) is 0.743. The lowest BCUT2D eigenvalue weighted by Crippen LogP contribution is -2.49. The summed E-state index contributed by atoms with van der Waals surface area (Å²) in [6.07, 6.45) is 0. The molecule has 1 aliphatic rings. The Bertz CT molecular complexity index is 877. The topological polar surface area (TPSA) is 37.0 Å².